The van der Waals surface area contributed by atoms with Crippen molar-refractivity contribution in [3.8, 4) is 11.5 Å². The average molecular weight is 631 g/mol. The molecule has 4 fully saturated rings. The number of hydrogen-bond donors (Lipinski definition) is 0. The fourth-order valence-electron chi connectivity index (χ4n) is 4.96. The summed E-state index contributed by atoms with van der Waals surface area (Å²) in [5, 5.41) is 0. The van der Waals surface area contributed by atoms with Crippen LogP contribution in [0.5, 0.6) is 11.5 Å². The van der Waals surface area contributed by atoms with Gasteiger partial charge < -0.3 is 52.4 Å². The molecule has 4 aliphatic rings. The van der Waals surface area contributed by atoms with E-state index in [-0.39, 0.29) is 26.4 Å². The minimum absolute atomic E-state index is 0.129. The lowest BCUT2D eigenvalue weighted by Crippen LogP contribution is -2.39. The van der Waals surface area contributed by atoms with E-state index in [0.29, 0.717) is 37.7 Å². The molecule has 0 spiro atoms. The lowest BCUT2D eigenvalue weighted by Gasteiger charge is -2.28. The molecule has 4 atom stereocenters. The van der Waals surface area contributed by atoms with Crippen LogP contribution >= 0.6 is 0 Å². The molecule has 0 aromatic heterocycles. The van der Waals surface area contributed by atoms with Crippen LogP contribution < -0.4 is 14.5 Å². The molecule has 0 bridgehead atoms. The number of carbonyl (C=O) groups is 4. The highest BCUT2D eigenvalue weighted by molar-refractivity contribution is 5.64. The first kappa shape index (κ1) is 31.3. The first-order valence-electron chi connectivity index (χ1n) is 14.6. The van der Waals surface area contributed by atoms with Crippen LogP contribution in [0.25, 0.3) is 0 Å². The van der Waals surface area contributed by atoms with Gasteiger partial charge in [0.1, 0.15) is 37.9 Å². The molecule has 242 valence electrons. The van der Waals surface area contributed by atoms with E-state index < -0.39 is 49.0 Å². The fraction of sp³-hybridized carbons (Fsp3) is 0.467. The van der Waals surface area contributed by atoms with E-state index in [0.717, 1.165) is 11.4 Å². The van der Waals surface area contributed by atoms with Crippen LogP contribution in [0.1, 0.15) is 13.8 Å². The first-order chi connectivity index (χ1) is 21.9. The maximum Gasteiger partial charge on any atom is 0.508 e. The van der Waals surface area contributed by atoms with Crippen LogP contribution in [0.4, 0.5) is 30.6 Å². The Morgan fingerprint density at radius 2 is 0.778 bits per heavy atom. The maximum absolute atomic E-state index is 11.4. The second-order valence-electron chi connectivity index (χ2n) is 10.1. The summed E-state index contributed by atoms with van der Waals surface area (Å²) in [5.41, 5.74) is 1.58. The van der Waals surface area contributed by atoms with Gasteiger partial charge in [0, 0.05) is 11.4 Å². The van der Waals surface area contributed by atoms with Crippen molar-refractivity contribution in [2.75, 3.05) is 62.4 Å². The van der Waals surface area contributed by atoms with Crippen molar-refractivity contribution in [2.24, 2.45) is 0 Å². The van der Waals surface area contributed by atoms with Gasteiger partial charge in [0.05, 0.1) is 26.2 Å². The molecule has 4 heterocycles. The second-order valence-corrected chi connectivity index (χ2v) is 10.1. The van der Waals surface area contributed by atoms with E-state index in [2.05, 4.69) is 0 Å². The van der Waals surface area contributed by atoms with Crippen molar-refractivity contribution in [3.05, 3.63) is 48.5 Å². The summed E-state index contributed by atoms with van der Waals surface area (Å²) < 4.78 is 46.4. The Hall–Kier alpha value is -5.08. The molecule has 2 aromatic carbocycles. The molecule has 4 aliphatic heterocycles. The molecular weight excluding hydrogens is 596 g/mol. The van der Waals surface area contributed by atoms with Crippen molar-refractivity contribution in [1.82, 2.24) is 0 Å². The standard InChI is InChI=1S/C28H28N2O13.C2H6/c31-25-35-13-21(40-25)9-29(10-22-14-36-26(32)41-22)17-1-5-19(6-2-17)39-20-7-3-18(4-8-20)30(11-23-15-37-27(33)42-23)12-24-16-38-28(34)43-24;1-2/h1-8,21-24H,9-16H2;1-2H3. The van der Waals surface area contributed by atoms with Crippen LogP contribution in [0.2, 0.25) is 0 Å². The smallest absolute Gasteiger partial charge is 0.457 e. The van der Waals surface area contributed by atoms with Gasteiger partial charge in [0.15, 0.2) is 24.4 Å². The lowest BCUT2D eigenvalue weighted by molar-refractivity contribution is 0.113. The zero-order valence-corrected chi connectivity index (χ0v) is 24.8. The Kier molecular flexibility index (Phi) is 10.2. The molecule has 6 rings (SSSR count). The molecular formula is C30H34N2O13. The zero-order chi connectivity index (χ0) is 31.8. The summed E-state index contributed by atoms with van der Waals surface area (Å²) in [6, 6.07) is 14.5. The molecule has 0 N–H and O–H groups in total. The number of rotatable bonds is 12. The molecule has 15 nitrogen and oxygen atoms in total. The molecule has 0 aliphatic carbocycles. The van der Waals surface area contributed by atoms with Gasteiger partial charge >= 0.3 is 24.6 Å². The van der Waals surface area contributed by atoms with E-state index in [1.807, 2.05) is 47.9 Å². The van der Waals surface area contributed by atoms with Crippen LogP contribution in [0.3, 0.4) is 0 Å². The molecule has 0 saturated carbocycles. The highest BCUT2D eigenvalue weighted by atomic mass is 16.8. The zero-order valence-electron chi connectivity index (χ0n) is 24.8. The Morgan fingerprint density at radius 3 is 1.00 bits per heavy atom. The minimum atomic E-state index is -0.717. The molecule has 4 unspecified atom stereocenters. The Labute approximate surface area is 258 Å². The minimum Gasteiger partial charge on any atom is -0.457 e. The topological polar surface area (TPSA) is 158 Å². The van der Waals surface area contributed by atoms with Gasteiger partial charge in [-0.1, -0.05) is 13.8 Å². The van der Waals surface area contributed by atoms with Crippen LogP contribution in [-0.4, -0.2) is 102 Å². The SMILES string of the molecule is CC.O=C1OCC(CN(CC2COC(=O)O2)c2ccc(Oc3ccc(N(CC4COC(=O)O4)CC4COC(=O)O4)cc3)cc2)O1. The number of carbonyl (C=O) groups excluding carboxylic acids is 4. The normalized spacial score (nSPS) is 23.2. The van der Waals surface area contributed by atoms with Crippen LogP contribution in [0, 0.1) is 0 Å². The maximum atomic E-state index is 11.4. The molecule has 15 heteroatoms. The highest BCUT2D eigenvalue weighted by Gasteiger charge is 2.33. The number of ether oxygens (including phenoxy) is 9. The largest absolute Gasteiger partial charge is 0.508 e. The third-order valence-corrected chi connectivity index (χ3v) is 6.94. The van der Waals surface area contributed by atoms with Gasteiger partial charge in [0.2, 0.25) is 0 Å². The Bertz CT molecular complexity index is 1180. The third kappa shape index (κ3) is 8.52. The van der Waals surface area contributed by atoms with Gasteiger partial charge in [-0.15, -0.1) is 0 Å². The number of benzene rings is 2. The predicted octanol–water partition coefficient (Wildman–Crippen LogP) is 4.26. The van der Waals surface area contributed by atoms with Gasteiger partial charge in [-0.3, -0.25) is 0 Å². The molecule has 4 saturated heterocycles. The number of hydrogen-bond acceptors (Lipinski definition) is 15. The number of cyclic esters (lactones) is 8. The van der Waals surface area contributed by atoms with E-state index in [9.17, 15) is 19.2 Å². The van der Waals surface area contributed by atoms with Gasteiger partial charge in [-0.25, -0.2) is 19.2 Å². The van der Waals surface area contributed by atoms with Crippen LogP contribution in [-0.2, 0) is 37.9 Å². The molecule has 2 aromatic rings. The molecule has 0 amide bonds. The van der Waals surface area contributed by atoms with E-state index >= 15 is 0 Å². The van der Waals surface area contributed by atoms with Crippen LogP contribution in [0.15, 0.2) is 48.5 Å². The fourth-order valence-corrected chi connectivity index (χ4v) is 4.96. The molecule has 0 radical (unpaired) electrons. The highest BCUT2D eigenvalue weighted by Crippen LogP contribution is 2.28. The van der Waals surface area contributed by atoms with E-state index in [1.54, 1.807) is 24.3 Å². The summed E-state index contributed by atoms with van der Waals surface area (Å²) in [6.45, 7) is 5.83. The van der Waals surface area contributed by atoms with E-state index in [4.69, 9.17) is 42.6 Å². The molecule has 45 heavy (non-hydrogen) atoms. The van der Waals surface area contributed by atoms with Crippen molar-refractivity contribution in [1.29, 1.82) is 0 Å². The van der Waals surface area contributed by atoms with Crippen molar-refractivity contribution in [2.45, 2.75) is 38.3 Å². The summed E-state index contributed by atoms with van der Waals surface area (Å²) in [4.78, 5) is 49.4. The van der Waals surface area contributed by atoms with Gasteiger partial charge in [-0.05, 0) is 48.5 Å². The monoisotopic (exact) mass is 630 g/mol. The van der Waals surface area contributed by atoms with E-state index in [1.165, 1.54) is 0 Å². The average Bonchev–Trinajstić information content (AvgIpc) is 3.85. The Balaban J connectivity index is 0.00000196. The van der Waals surface area contributed by atoms with Gasteiger partial charge in [0.25, 0.3) is 0 Å². The van der Waals surface area contributed by atoms with Crippen molar-refractivity contribution >= 4 is 36.0 Å². The lowest BCUT2D eigenvalue weighted by atomic mass is 10.2. The quantitative estimate of drug-likeness (QED) is 0.242. The number of anilines is 2. The Morgan fingerprint density at radius 1 is 0.511 bits per heavy atom. The third-order valence-electron chi connectivity index (χ3n) is 6.94. The second kappa shape index (κ2) is 14.6. The first-order valence-corrected chi connectivity index (χ1v) is 14.6. The van der Waals surface area contributed by atoms with Gasteiger partial charge in [-0.2, -0.15) is 0 Å². The van der Waals surface area contributed by atoms with Crippen molar-refractivity contribution in [3.63, 3.8) is 0 Å². The van der Waals surface area contributed by atoms with Crippen molar-refractivity contribution < 1.29 is 61.8 Å². The summed E-state index contributed by atoms with van der Waals surface area (Å²) in [5.74, 6) is 1.15. The predicted molar refractivity (Wildman–Crippen MR) is 154 cm³/mol. The summed E-state index contributed by atoms with van der Waals surface area (Å²) in [6.07, 6.45) is -4.75. The summed E-state index contributed by atoms with van der Waals surface area (Å²) >= 11 is 0. The summed E-state index contributed by atoms with van der Waals surface area (Å²) in [7, 11) is 0. The number of nitrogens with zero attached hydrogens (tertiary/aromatic N) is 2.